The van der Waals surface area contributed by atoms with E-state index in [1.807, 2.05) is 0 Å². The summed E-state index contributed by atoms with van der Waals surface area (Å²) in [6.45, 7) is 4.02. The molecule has 4 rings (SSSR count). The van der Waals surface area contributed by atoms with Gasteiger partial charge < -0.3 is 19.4 Å². The van der Waals surface area contributed by atoms with E-state index in [1.54, 1.807) is 40.9 Å². The molecule has 2 fully saturated rings. The number of fused-ring (bicyclic) bond motifs is 2. The molecular formula is C25H33FN4O3. The van der Waals surface area contributed by atoms with E-state index < -0.39 is 0 Å². The van der Waals surface area contributed by atoms with Gasteiger partial charge in [0.1, 0.15) is 12.4 Å². The van der Waals surface area contributed by atoms with Crippen molar-refractivity contribution in [2.45, 2.75) is 43.6 Å². The third-order valence-corrected chi connectivity index (χ3v) is 7.36. The van der Waals surface area contributed by atoms with Gasteiger partial charge in [0.05, 0.1) is 0 Å². The lowest BCUT2D eigenvalue weighted by atomic mass is 9.74. The van der Waals surface area contributed by atoms with Gasteiger partial charge in [0, 0.05) is 57.3 Å². The maximum absolute atomic E-state index is 14.2. The maximum Gasteiger partial charge on any atom is 0.409 e. The lowest BCUT2D eigenvalue weighted by molar-refractivity contribution is 0.0570. The topological polar surface area (TPSA) is 56.3 Å². The molecule has 0 radical (unpaired) electrons. The first kappa shape index (κ1) is 23.4. The molecule has 0 N–H and O–H groups in total. The van der Waals surface area contributed by atoms with E-state index in [0.29, 0.717) is 32.1 Å². The average molecular weight is 457 g/mol. The fourth-order valence-electron chi connectivity index (χ4n) is 5.50. The molecule has 0 aromatic heterocycles. The molecule has 0 saturated carbocycles. The molecule has 0 aliphatic carbocycles. The van der Waals surface area contributed by atoms with Crippen molar-refractivity contribution in [1.82, 2.24) is 14.7 Å². The first-order valence-corrected chi connectivity index (χ1v) is 11.7. The van der Waals surface area contributed by atoms with Crippen molar-refractivity contribution < 1.29 is 18.7 Å². The van der Waals surface area contributed by atoms with Crippen molar-refractivity contribution in [2.75, 3.05) is 58.3 Å². The van der Waals surface area contributed by atoms with Crippen LogP contribution in [0.1, 0.15) is 37.7 Å². The molecule has 33 heavy (non-hydrogen) atoms. The van der Waals surface area contributed by atoms with Crippen LogP contribution in [0.25, 0.3) is 0 Å². The van der Waals surface area contributed by atoms with E-state index in [-0.39, 0.29) is 30.0 Å². The second-order valence-corrected chi connectivity index (χ2v) is 9.53. The summed E-state index contributed by atoms with van der Waals surface area (Å²) in [4.78, 5) is 32.6. The molecule has 1 spiro atoms. The van der Waals surface area contributed by atoms with Crippen molar-refractivity contribution in [3.8, 4) is 12.3 Å². The predicted molar refractivity (Wildman–Crippen MR) is 125 cm³/mol. The van der Waals surface area contributed by atoms with Crippen molar-refractivity contribution in [2.24, 2.45) is 0 Å². The largest absolute Gasteiger partial charge is 0.448 e. The van der Waals surface area contributed by atoms with E-state index >= 15 is 0 Å². The lowest BCUT2D eigenvalue weighted by Gasteiger charge is -2.45. The number of anilines is 1. The van der Waals surface area contributed by atoms with Crippen LogP contribution < -0.4 is 4.90 Å². The van der Waals surface area contributed by atoms with Gasteiger partial charge >= 0.3 is 12.1 Å². The Kier molecular flexibility index (Phi) is 6.80. The van der Waals surface area contributed by atoms with Crippen LogP contribution >= 0.6 is 0 Å². The Labute approximate surface area is 195 Å². The highest BCUT2D eigenvalue weighted by Crippen LogP contribution is 2.48. The fourth-order valence-corrected chi connectivity index (χ4v) is 5.50. The first-order chi connectivity index (χ1) is 15.8. The minimum Gasteiger partial charge on any atom is -0.448 e. The van der Waals surface area contributed by atoms with Crippen LogP contribution in [0.4, 0.5) is 19.7 Å². The Balaban J connectivity index is 1.37. The number of nitrogens with zero attached hydrogens (tertiary/aromatic N) is 4. The van der Waals surface area contributed by atoms with Crippen LogP contribution in [0.15, 0.2) is 18.2 Å². The molecule has 1 aromatic carbocycles. The lowest BCUT2D eigenvalue weighted by Crippen LogP contribution is -2.52. The zero-order valence-electron chi connectivity index (χ0n) is 19.6. The number of hydrogen-bond donors (Lipinski definition) is 0. The number of hydrogen-bond acceptors (Lipinski definition) is 4. The second kappa shape index (κ2) is 9.60. The quantitative estimate of drug-likeness (QED) is 0.518. The van der Waals surface area contributed by atoms with Gasteiger partial charge in [0.25, 0.3) is 0 Å². The zero-order chi connectivity index (χ0) is 23.6. The Morgan fingerprint density at radius 1 is 1.21 bits per heavy atom. The molecule has 0 unspecified atom stereocenters. The number of terminal acetylenes is 1. The van der Waals surface area contributed by atoms with E-state index in [0.717, 1.165) is 50.0 Å². The van der Waals surface area contributed by atoms with Crippen LogP contribution in [-0.4, -0.2) is 86.3 Å². The van der Waals surface area contributed by atoms with E-state index in [4.69, 9.17) is 11.2 Å². The third kappa shape index (κ3) is 4.65. The van der Waals surface area contributed by atoms with E-state index in [9.17, 15) is 14.0 Å². The third-order valence-electron chi connectivity index (χ3n) is 7.36. The number of halogens is 1. The van der Waals surface area contributed by atoms with Crippen LogP contribution in [0.5, 0.6) is 0 Å². The van der Waals surface area contributed by atoms with Crippen molar-refractivity contribution >= 4 is 17.8 Å². The molecule has 8 heteroatoms. The number of carbonyl (C=O) groups excluding carboxylic acids is 2. The van der Waals surface area contributed by atoms with Crippen molar-refractivity contribution in [3.63, 3.8) is 0 Å². The molecule has 3 aliphatic rings. The second-order valence-electron chi connectivity index (χ2n) is 9.53. The number of likely N-dealkylation sites (tertiary alicyclic amines) is 2. The summed E-state index contributed by atoms with van der Waals surface area (Å²) in [6.07, 6.45) is 8.95. The monoisotopic (exact) mass is 456 g/mol. The fraction of sp³-hybridized carbons (Fsp3) is 0.600. The summed E-state index contributed by atoms with van der Waals surface area (Å²) in [6, 6.07) is 5.16. The highest BCUT2D eigenvalue weighted by Gasteiger charge is 2.47. The van der Waals surface area contributed by atoms with Gasteiger partial charge in [-0.25, -0.2) is 14.0 Å². The zero-order valence-corrected chi connectivity index (χ0v) is 19.6. The smallest absolute Gasteiger partial charge is 0.409 e. The SMILES string of the molecule is C#CCCOC(=O)N1CCC(N2CCC3(CC2)CN(C(=O)N(C)C)c2ccc(F)cc23)CC1. The van der Waals surface area contributed by atoms with E-state index in [2.05, 4.69) is 10.8 Å². The summed E-state index contributed by atoms with van der Waals surface area (Å²) >= 11 is 0. The van der Waals surface area contributed by atoms with Gasteiger partial charge in [-0.3, -0.25) is 4.90 Å². The minimum absolute atomic E-state index is 0.0661. The van der Waals surface area contributed by atoms with Gasteiger partial charge in [-0.15, -0.1) is 12.3 Å². The van der Waals surface area contributed by atoms with Crippen molar-refractivity contribution in [3.05, 3.63) is 29.6 Å². The maximum atomic E-state index is 14.2. The van der Waals surface area contributed by atoms with Crippen LogP contribution in [0, 0.1) is 18.2 Å². The highest BCUT2D eigenvalue weighted by molar-refractivity contribution is 5.95. The van der Waals surface area contributed by atoms with Crippen molar-refractivity contribution in [1.29, 1.82) is 0 Å². The summed E-state index contributed by atoms with van der Waals surface area (Å²) in [5.74, 6) is 2.22. The Hall–Kier alpha value is -2.79. The number of rotatable bonds is 3. The van der Waals surface area contributed by atoms with Gasteiger partial charge in [0.15, 0.2) is 0 Å². The van der Waals surface area contributed by atoms with Crippen LogP contribution in [0.2, 0.25) is 0 Å². The van der Waals surface area contributed by atoms with Gasteiger partial charge in [-0.1, -0.05) is 0 Å². The molecule has 3 amide bonds. The van der Waals surface area contributed by atoms with E-state index in [1.165, 1.54) is 6.07 Å². The number of ether oxygens (including phenoxy) is 1. The number of urea groups is 1. The van der Waals surface area contributed by atoms with Crippen LogP contribution in [-0.2, 0) is 10.2 Å². The van der Waals surface area contributed by atoms with Crippen LogP contribution in [0.3, 0.4) is 0 Å². The Bertz CT molecular complexity index is 928. The standard InChI is InChI=1S/C25H33FN4O3/c1-4-5-16-33-24(32)29-12-8-20(9-13-29)28-14-10-25(11-15-28)18-30(23(31)27(2)3)22-7-6-19(26)17-21(22)25/h1,6-7,17,20H,5,8-16,18H2,2-3H3. The molecule has 0 atom stereocenters. The number of piperidine rings is 2. The Morgan fingerprint density at radius 2 is 1.91 bits per heavy atom. The first-order valence-electron chi connectivity index (χ1n) is 11.7. The number of amides is 3. The summed E-state index contributed by atoms with van der Waals surface area (Å²) in [7, 11) is 3.49. The van der Waals surface area contributed by atoms with Gasteiger partial charge in [-0.2, -0.15) is 0 Å². The molecule has 1 aromatic rings. The molecular weight excluding hydrogens is 423 g/mol. The molecule has 178 valence electrons. The normalized spacial score (nSPS) is 20.4. The van der Waals surface area contributed by atoms with Gasteiger partial charge in [0.2, 0.25) is 0 Å². The number of benzene rings is 1. The molecule has 3 heterocycles. The predicted octanol–water partition coefficient (Wildman–Crippen LogP) is 3.29. The number of carbonyl (C=O) groups is 2. The Morgan fingerprint density at radius 3 is 2.55 bits per heavy atom. The summed E-state index contributed by atoms with van der Waals surface area (Å²) < 4.78 is 19.4. The molecule has 7 nitrogen and oxygen atoms in total. The summed E-state index contributed by atoms with van der Waals surface area (Å²) in [5.41, 5.74) is 1.59. The molecule has 0 bridgehead atoms. The average Bonchev–Trinajstić information content (AvgIpc) is 3.12. The molecule has 3 aliphatic heterocycles. The molecule has 2 saturated heterocycles. The minimum atomic E-state index is -0.281. The summed E-state index contributed by atoms with van der Waals surface area (Å²) in [5, 5.41) is 0. The highest BCUT2D eigenvalue weighted by atomic mass is 19.1. The van der Waals surface area contributed by atoms with Gasteiger partial charge in [-0.05, 0) is 62.5 Å².